The van der Waals surface area contributed by atoms with Crippen LogP contribution in [0.4, 0.5) is 20.2 Å². The first kappa shape index (κ1) is 19.8. The summed E-state index contributed by atoms with van der Waals surface area (Å²) in [7, 11) is 0. The molecule has 1 aliphatic rings. The highest BCUT2D eigenvalue weighted by molar-refractivity contribution is 7.99. The number of thioether (sulfide) groups is 1. The summed E-state index contributed by atoms with van der Waals surface area (Å²) in [5, 5.41) is 3.42. The quantitative estimate of drug-likeness (QED) is 0.748. The number of carbonyl (C=O) groups is 1. The molecule has 1 amide bonds. The van der Waals surface area contributed by atoms with Gasteiger partial charge in [-0.3, -0.25) is 4.79 Å². The predicted octanol–water partition coefficient (Wildman–Crippen LogP) is 4.68. The minimum atomic E-state index is -2.87. The monoisotopic (exact) mass is 412 g/mol. The van der Waals surface area contributed by atoms with Crippen molar-refractivity contribution in [3.05, 3.63) is 53.1 Å². The maximum absolute atomic E-state index is 12.2. The molecule has 144 valence electrons. The van der Waals surface area contributed by atoms with Crippen LogP contribution in [-0.2, 0) is 11.2 Å². The molecule has 0 radical (unpaired) electrons. The number of benzene rings is 2. The highest BCUT2D eigenvalue weighted by Gasteiger charge is 2.15. The van der Waals surface area contributed by atoms with Crippen LogP contribution in [0.2, 0.25) is 5.02 Å². The van der Waals surface area contributed by atoms with Crippen LogP contribution in [0.15, 0.2) is 42.5 Å². The van der Waals surface area contributed by atoms with Gasteiger partial charge in [-0.15, -0.1) is 0 Å². The maximum atomic E-state index is 12.2. The van der Waals surface area contributed by atoms with E-state index in [2.05, 4.69) is 15.0 Å². The van der Waals surface area contributed by atoms with Crippen molar-refractivity contribution in [1.29, 1.82) is 0 Å². The molecule has 0 spiro atoms. The fourth-order valence-electron chi connectivity index (χ4n) is 2.82. The van der Waals surface area contributed by atoms with Gasteiger partial charge in [0.15, 0.2) is 0 Å². The van der Waals surface area contributed by atoms with E-state index in [1.54, 1.807) is 18.2 Å². The molecule has 1 saturated heterocycles. The molecule has 4 nitrogen and oxygen atoms in total. The number of hydrogen-bond acceptors (Lipinski definition) is 4. The number of carbonyl (C=O) groups excluding carboxylic acids is 1. The lowest BCUT2D eigenvalue weighted by atomic mass is 10.1. The second kappa shape index (κ2) is 9.28. The van der Waals surface area contributed by atoms with E-state index in [-0.39, 0.29) is 18.1 Å². The number of nitrogens with zero attached hydrogens (tertiary/aromatic N) is 1. The SMILES string of the molecule is O=C(Cc1ccc(OC(F)F)cc1)Nc1ccc(N2CCSCC2)c(Cl)c1. The van der Waals surface area contributed by atoms with E-state index in [0.29, 0.717) is 16.3 Å². The summed E-state index contributed by atoms with van der Waals surface area (Å²) in [4.78, 5) is 14.5. The van der Waals surface area contributed by atoms with Crippen LogP contribution in [-0.4, -0.2) is 37.1 Å². The normalized spacial score (nSPS) is 14.3. The number of halogens is 3. The number of hydrogen-bond donors (Lipinski definition) is 1. The highest BCUT2D eigenvalue weighted by Crippen LogP contribution is 2.30. The lowest BCUT2D eigenvalue weighted by molar-refractivity contribution is -0.115. The van der Waals surface area contributed by atoms with Crippen molar-refractivity contribution in [1.82, 2.24) is 0 Å². The zero-order chi connectivity index (χ0) is 19.2. The van der Waals surface area contributed by atoms with Gasteiger partial charge in [-0.2, -0.15) is 20.5 Å². The molecule has 0 aromatic heterocycles. The molecular formula is C19H19ClF2N2O2S. The number of nitrogens with one attached hydrogen (secondary N) is 1. The van der Waals surface area contributed by atoms with Gasteiger partial charge in [0.05, 0.1) is 17.1 Å². The van der Waals surface area contributed by atoms with Crippen LogP contribution in [0, 0.1) is 0 Å². The van der Waals surface area contributed by atoms with Crippen LogP contribution >= 0.6 is 23.4 Å². The number of alkyl halides is 2. The van der Waals surface area contributed by atoms with E-state index >= 15 is 0 Å². The molecule has 3 rings (SSSR count). The first-order valence-corrected chi connectivity index (χ1v) is 10.0. The van der Waals surface area contributed by atoms with Crippen molar-refractivity contribution in [3.63, 3.8) is 0 Å². The van der Waals surface area contributed by atoms with Gasteiger partial charge in [-0.1, -0.05) is 23.7 Å². The number of amides is 1. The standard InChI is InChI=1S/C19H19ClF2N2O2S/c20-16-12-14(3-6-17(16)24-7-9-27-10-8-24)23-18(25)11-13-1-4-15(5-2-13)26-19(21)22/h1-6,12,19H,7-11H2,(H,23,25). The van der Waals surface area contributed by atoms with Gasteiger partial charge < -0.3 is 15.0 Å². The van der Waals surface area contributed by atoms with Crippen LogP contribution in [0.1, 0.15) is 5.56 Å². The molecular weight excluding hydrogens is 394 g/mol. The Morgan fingerprint density at radius 3 is 2.52 bits per heavy atom. The van der Waals surface area contributed by atoms with Crippen molar-refractivity contribution in [2.75, 3.05) is 34.8 Å². The fourth-order valence-corrected chi connectivity index (χ4v) is 4.03. The smallest absolute Gasteiger partial charge is 0.387 e. The van der Waals surface area contributed by atoms with Gasteiger partial charge in [0.2, 0.25) is 5.91 Å². The zero-order valence-electron chi connectivity index (χ0n) is 14.5. The zero-order valence-corrected chi connectivity index (χ0v) is 16.0. The molecule has 2 aromatic rings. The van der Waals surface area contributed by atoms with Gasteiger partial charge in [-0.25, -0.2) is 0 Å². The van der Waals surface area contributed by atoms with Crippen molar-refractivity contribution < 1.29 is 18.3 Å². The number of anilines is 2. The molecule has 1 heterocycles. The topological polar surface area (TPSA) is 41.6 Å². The Balaban J connectivity index is 1.58. The van der Waals surface area contributed by atoms with Crippen LogP contribution in [0.3, 0.4) is 0 Å². The lowest BCUT2D eigenvalue weighted by Crippen LogP contribution is -2.32. The van der Waals surface area contributed by atoms with Crippen molar-refractivity contribution >= 4 is 40.6 Å². The minimum absolute atomic E-state index is 0.0626. The molecule has 0 unspecified atom stereocenters. The second-order valence-electron chi connectivity index (χ2n) is 6.01. The summed E-state index contributed by atoms with van der Waals surface area (Å²) >= 11 is 8.32. The Bertz CT molecular complexity index is 784. The highest BCUT2D eigenvalue weighted by atomic mass is 35.5. The van der Waals surface area contributed by atoms with Crippen molar-refractivity contribution in [2.24, 2.45) is 0 Å². The lowest BCUT2D eigenvalue weighted by Gasteiger charge is -2.29. The molecule has 1 aliphatic heterocycles. The summed E-state index contributed by atoms with van der Waals surface area (Å²) in [5.74, 6) is 2.01. The van der Waals surface area contributed by atoms with E-state index in [9.17, 15) is 13.6 Å². The second-order valence-corrected chi connectivity index (χ2v) is 7.64. The Kier molecular flexibility index (Phi) is 6.79. The van der Waals surface area contributed by atoms with Crippen LogP contribution in [0.25, 0.3) is 0 Å². The molecule has 0 saturated carbocycles. The van der Waals surface area contributed by atoms with Gasteiger partial charge >= 0.3 is 6.61 Å². The summed E-state index contributed by atoms with van der Waals surface area (Å²) < 4.78 is 28.6. The maximum Gasteiger partial charge on any atom is 0.387 e. The van der Waals surface area contributed by atoms with E-state index in [4.69, 9.17) is 11.6 Å². The number of ether oxygens (including phenoxy) is 1. The first-order chi connectivity index (χ1) is 13.0. The van der Waals surface area contributed by atoms with E-state index in [0.717, 1.165) is 30.3 Å². The molecule has 0 atom stereocenters. The summed E-state index contributed by atoms with van der Waals surface area (Å²) in [5.41, 5.74) is 2.30. The fraction of sp³-hybridized carbons (Fsp3) is 0.316. The predicted molar refractivity (Wildman–Crippen MR) is 106 cm³/mol. The van der Waals surface area contributed by atoms with E-state index in [1.165, 1.54) is 12.1 Å². The average Bonchev–Trinajstić information content (AvgIpc) is 2.64. The largest absolute Gasteiger partial charge is 0.435 e. The van der Waals surface area contributed by atoms with Gasteiger partial charge in [0.1, 0.15) is 5.75 Å². The van der Waals surface area contributed by atoms with E-state index < -0.39 is 6.61 Å². The van der Waals surface area contributed by atoms with Gasteiger partial charge in [0, 0.05) is 30.3 Å². The van der Waals surface area contributed by atoms with Crippen molar-refractivity contribution in [3.8, 4) is 5.75 Å². The Hall–Kier alpha value is -1.99. The molecule has 0 bridgehead atoms. The summed E-state index contributed by atoms with van der Waals surface area (Å²) in [6.07, 6.45) is 0.123. The van der Waals surface area contributed by atoms with Gasteiger partial charge in [0.25, 0.3) is 0 Å². The molecule has 1 fully saturated rings. The Morgan fingerprint density at radius 2 is 1.89 bits per heavy atom. The average molecular weight is 413 g/mol. The Labute approximate surface area is 165 Å². The molecule has 0 aliphatic carbocycles. The number of rotatable bonds is 6. The molecule has 1 N–H and O–H groups in total. The summed E-state index contributed by atoms with van der Waals surface area (Å²) in [6.45, 7) is -0.946. The Morgan fingerprint density at radius 1 is 1.19 bits per heavy atom. The third-order valence-corrected chi connectivity index (χ3v) is 5.34. The van der Waals surface area contributed by atoms with Crippen molar-refractivity contribution in [2.45, 2.75) is 13.0 Å². The molecule has 2 aromatic carbocycles. The van der Waals surface area contributed by atoms with Crippen LogP contribution in [0.5, 0.6) is 5.75 Å². The third-order valence-electron chi connectivity index (χ3n) is 4.10. The molecule has 8 heteroatoms. The minimum Gasteiger partial charge on any atom is -0.435 e. The summed E-state index contributed by atoms with van der Waals surface area (Å²) in [6, 6.07) is 11.5. The molecule has 27 heavy (non-hydrogen) atoms. The van der Waals surface area contributed by atoms with Crippen LogP contribution < -0.4 is 15.0 Å². The first-order valence-electron chi connectivity index (χ1n) is 8.47. The van der Waals surface area contributed by atoms with E-state index in [1.807, 2.05) is 23.9 Å². The van der Waals surface area contributed by atoms with Gasteiger partial charge in [-0.05, 0) is 35.9 Å². The third kappa shape index (κ3) is 5.74.